The second kappa shape index (κ2) is 7.70. The standard InChI is InChI=1S/C20H22N4O2S/c1-12-21-10-18(27-12)15-6-7-16-9-22-20(23-17(16)8-15)24-19(26)14-4-2-13(11-25)3-5-14/h6-10,13-14,25H,2-5,11H2,1H3,(H,22,23,24,26). The van der Waals surface area contributed by atoms with Crippen LogP contribution < -0.4 is 5.32 Å². The molecule has 0 bridgehead atoms. The fourth-order valence-corrected chi connectivity index (χ4v) is 4.32. The van der Waals surface area contributed by atoms with Crippen LogP contribution in [0.3, 0.4) is 0 Å². The maximum Gasteiger partial charge on any atom is 0.229 e. The predicted molar refractivity (Wildman–Crippen MR) is 107 cm³/mol. The highest BCUT2D eigenvalue weighted by Gasteiger charge is 2.26. The molecule has 0 aliphatic heterocycles. The number of aromatic nitrogens is 3. The monoisotopic (exact) mass is 382 g/mol. The Bertz CT molecular complexity index is 964. The molecule has 0 spiro atoms. The van der Waals surface area contributed by atoms with E-state index in [0.717, 1.165) is 52.0 Å². The molecule has 2 N–H and O–H groups in total. The highest BCUT2D eigenvalue weighted by atomic mass is 32.1. The molecule has 1 aliphatic carbocycles. The highest BCUT2D eigenvalue weighted by molar-refractivity contribution is 7.15. The Morgan fingerprint density at radius 1 is 1.22 bits per heavy atom. The summed E-state index contributed by atoms with van der Waals surface area (Å²) < 4.78 is 0. The summed E-state index contributed by atoms with van der Waals surface area (Å²) in [5, 5.41) is 14.1. The number of anilines is 1. The Kier molecular flexibility index (Phi) is 5.13. The Morgan fingerprint density at radius 2 is 2.04 bits per heavy atom. The topological polar surface area (TPSA) is 88.0 Å². The molecule has 1 aromatic carbocycles. The number of fused-ring (bicyclic) bond motifs is 1. The number of amides is 1. The molecule has 1 fully saturated rings. The minimum atomic E-state index is -0.0291. The summed E-state index contributed by atoms with van der Waals surface area (Å²) >= 11 is 1.64. The summed E-state index contributed by atoms with van der Waals surface area (Å²) in [4.78, 5) is 26.8. The smallest absolute Gasteiger partial charge is 0.229 e. The van der Waals surface area contributed by atoms with Crippen LogP contribution in [0.5, 0.6) is 0 Å². The van der Waals surface area contributed by atoms with Crippen molar-refractivity contribution in [2.45, 2.75) is 32.6 Å². The molecule has 2 heterocycles. The number of hydrogen-bond donors (Lipinski definition) is 2. The first-order valence-corrected chi connectivity index (χ1v) is 10.1. The number of hydrogen-bond acceptors (Lipinski definition) is 6. The summed E-state index contributed by atoms with van der Waals surface area (Å²) in [5.41, 5.74) is 1.86. The Hall–Kier alpha value is -2.38. The van der Waals surface area contributed by atoms with Gasteiger partial charge >= 0.3 is 0 Å². The maximum atomic E-state index is 12.5. The van der Waals surface area contributed by atoms with Gasteiger partial charge < -0.3 is 5.11 Å². The number of nitrogens with one attached hydrogen (secondary N) is 1. The first-order valence-electron chi connectivity index (χ1n) is 9.23. The van der Waals surface area contributed by atoms with Gasteiger partial charge in [-0.15, -0.1) is 11.3 Å². The van der Waals surface area contributed by atoms with E-state index in [1.807, 2.05) is 31.3 Å². The van der Waals surface area contributed by atoms with Crippen molar-refractivity contribution in [2.24, 2.45) is 11.8 Å². The second-order valence-corrected chi connectivity index (χ2v) is 8.33. The summed E-state index contributed by atoms with van der Waals surface area (Å²) in [6.45, 7) is 2.20. The molecule has 6 nitrogen and oxygen atoms in total. The molecule has 1 amide bonds. The second-order valence-electron chi connectivity index (χ2n) is 7.10. The lowest BCUT2D eigenvalue weighted by atomic mass is 9.82. The average molecular weight is 382 g/mol. The fourth-order valence-electron chi connectivity index (χ4n) is 3.55. The van der Waals surface area contributed by atoms with E-state index in [0.29, 0.717) is 11.9 Å². The van der Waals surface area contributed by atoms with Crippen LogP contribution in [0.1, 0.15) is 30.7 Å². The summed E-state index contributed by atoms with van der Waals surface area (Å²) in [6.07, 6.45) is 7.00. The number of carbonyl (C=O) groups is 1. The van der Waals surface area contributed by atoms with Gasteiger partial charge in [-0.2, -0.15) is 0 Å². The third-order valence-electron chi connectivity index (χ3n) is 5.20. The van der Waals surface area contributed by atoms with E-state index in [1.165, 1.54) is 0 Å². The van der Waals surface area contributed by atoms with Crippen molar-refractivity contribution >= 4 is 34.1 Å². The molecule has 27 heavy (non-hydrogen) atoms. The van der Waals surface area contributed by atoms with Gasteiger partial charge in [0.15, 0.2) is 0 Å². The number of benzene rings is 1. The van der Waals surface area contributed by atoms with Gasteiger partial charge in [-0.3, -0.25) is 10.1 Å². The third-order valence-corrected chi connectivity index (χ3v) is 6.16. The van der Waals surface area contributed by atoms with Crippen molar-refractivity contribution in [3.8, 4) is 10.4 Å². The van der Waals surface area contributed by atoms with Gasteiger partial charge in [0.05, 0.1) is 15.4 Å². The number of aliphatic hydroxyl groups excluding tert-OH is 1. The first-order chi connectivity index (χ1) is 13.1. The van der Waals surface area contributed by atoms with Crippen LogP contribution in [0, 0.1) is 18.8 Å². The molecule has 1 aliphatic rings. The summed E-state index contributed by atoms with van der Waals surface area (Å²) in [6, 6.07) is 6.03. The van der Waals surface area contributed by atoms with Gasteiger partial charge in [-0.05, 0) is 50.2 Å². The molecule has 0 radical (unpaired) electrons. The van der Waals surface area contributed by atoms with Crippen LogP contribution >= 0.6 is 11.3 Å². The number of aliphatic hydroxyl groups is 1. The molecule has 7 heteroatoms. The predicted octanol–water partition coefficient (Wildman–Crippen LogP) is 3.80. The van der Waals surface area contributed by atoms with Crippen molar-refractivity contribution in [1.29, 1.82) is 0 Å². The van der Waals surface area contributed by atoms with Gasteiger partial charge in [0, 0.05) is 30.3 Å². The molecule has 4 rings (SSSR count). The van der Waals surface area contributed by atoms with Crippen LogP contribution in [0.4, 0.5) is 5.95 Å². The third kappa shape index (κ3) is 3.99. The van der Waals surface area contributed by atoms with E-state index >= 15 is 0 Å². The van der Waals surface area contributed by atoms with E-state index < -0.39 is 0 Å². The van der Waals surface area contributed by atoms with Crippen LogP contribution in [0.25, 0.3) is 21.3 Å². The van der Waals surface area contributed by atoms with Crippen molar-refractivity contribution in [1.82, 2.24) is 15.0 Å². The van der Waals surface area contributed by atoms with E-state index in [1.54, 1.807) is 17.5 Å². The fraction of sp³-hybridized carbons (Fsp3) is 0.400. The lowest BCUT2D eigenvalue weighted by molar-refractivity contribution is -0.121. The molecular formula is C20H22N4O2S. The molecule has 1 saturated carbocycles. The van der Waals surface area contributed by atoms with E-state index in [-0.39, 0.29) is 18.4 Å². The van der Waals surface area contributed by atoms with Gasteiger partial charge in [0.1, 0.15) is 0 Å². The summed E-state index contributed by atoms with van der Waals surface area (Å²) in [5.74, 6) is 0.618. The van der Waals surface area contributed by atoms with Crippen molar-refractivity contribution in [3.63, 3.8) is 0 Å². The van der Waals surface area contributed by atoms with E-state index in [9.17, 15) is 9.90 Å². The molecule has 0 unspecified atom stereocenters. The lowest BCUT2D eigenvalue weighted by Crippen LogP contribution is -2.28. The normalized spacial score (nSPS) is 19.9. The zero-order valence-corrected chi connectivity index (χ0v) is 16.0. The number of aryl methyl sites for hydroxylation is 1. The van der Waals surface area contributed by atoms with Gasteiger partial charge in [0.2, 0.25) is 11.9 Å². The Balaban J connectivity index is 1.51. The minimum absolute atomic E-state index is 0.0278. The van der Waals surface area contributed by atoms with Gasteiger partial charge in [-0.25, -0.2) is 15.0 Å². The zero-order chi connectivity index (χ0) is 18.8. The Morgan fingerprint density at radius 3 is 2.74 bits per heavy atom. The molecule has 3 aromatic rings. The van der Waals surface area contributed by atoms with Crippen LogP contribution in [-0.4, -0.2) is 32.6 Å². The SMILES string of the molecule is Cc1ncc(-c2ccc3cnc(NC(=O)C4CCC(CO)CC4)nc3c2)s1. The van der Waals surface area contributed by atoms with E-state index in [2.05, 4.69) is 20.3 Å². The van der Waals surface area contributed by atoms with Gasteiger partial charge in [-0.1, -0.05) is 12.1 Å². The largest absolute Gasteiger partial charge is 0.396 e. The molecular weight excluding hydrogens is 360 g/mol. The number of thiazole rings is 1. The Labute approximate surface area is 161 Å². The van der Waals surface area contributed by atoms with Crippen LogP contribution in [-0.2, 0) is 4.79 Å². The number of carbonyl (C=O) groups excluding carboxylic acids is 1. The minimum Gasteiger partial charge on any atom is -0.396 e. The van der Waals surface area contributed by atoms with Crippen LogP contribution in [0.15, 0.2) is 30.6 Å². The molecule has 0 atom stereocenters. The molecule has 0 saturated heterocycles. The van der Waals surface area contributed by atoms with E-state index in [4.69, 9.17) is 0 Å². The molecule has 2 aromatic heterocycles. The summed E-state index contributed by atoms with van der Waals surface area (Å²) in [7, 11) is 0. The van der Waals surface area contributed by atoms with Crippen molar-refractivity contribution in [3.05, 3.63) is 35.6 Å². The van der Waals surface area contributed by atoms with Crippen molar-refractivity contribution in [2.75, 3.05) is 11.9 Å². The van der Waals surface area contributed by atoms with Crippen LogP contribution in [0.2, 0.25) is 0 Å². The highest BCUT2D eigenvalue weighted by Crippen LogP contribution is 2.30. The first kappa shape index (κ1) is 18.0. The quantitative estimate of drug-likeness (QED) is 0.717. The lowest BCUT2D eigenvalue weighted by Gasteiger charge is -2.26. The number of rotatable bonds is 4. The maximum absolute atomic E-state index is 12.5. The molecule has 140 valence electrons. The number of nitrogens with zero attached hydrogens (tertiary/aromatic N) is 3. The zero-order valence-electron chi connectivity index (χ0n) is 15.2. The average Bonchev–Trinajstić information content (AvgIpc) is 3.14. The van der Waals surface area contributed by atoms with Gasteiger partial charge in [0.25, 0.3) is 0 Å². The van der Waals surface area contributed by atoms with Crippen molar-refractivity contribution < 1.29 is 9.90 Å².